The van der Waals surface area contributed by atoms with Crippen molar-refractivity contribution in [1.29, 1.82) is 0 Å². The first kappa shape index (κ1) is 13.3. The van der Waals surface area contributed by atoms with Crippen molar-refractivity contribution in [1.82, 2.24) is 15.5 Å². The Labute approximate surface area is 120 Å². The summed E-state index contributed by atoms with van der Waals surface area (Å²) in [5.74, 6) is 0.741. The molecule has 1 N–H and O–H groups in total. The van der Waals surface area contributed by atoms with E-state index in [1.54, 1.807) is 6.20 Å². The van der Waals surface area contributed by atoms with Gasteiger partial charge in [-0.2, -0.15) is 10.2 Å². The van der Waals surface area contributed by atoms with Crippen LogP contribution in [0.2, 0.25) is 0 Å². The second kappa shape index (κ2) is 6.62. The van der Waals surface area contributed by atoms with Crippen molar-refractivity contribution < 1.29 is 0 Å². The minimum absolute atomic E-state index is 0.622. The molecule has 0 atom stereocenters. The van der Waals surface area contributed by atoms with E-state index in [1.165, 1.54) is 31.2 Å². The Bertz CT molecular complexity index is 504. The van der Waals surface area contributed by atoms with Crippen molar-refractivity contribution in [2.45, 2.75) is 44.2 Å². The fourth-order valence-electron chi connectivity index (χ4n) is 3.03. The third-order valence-corrected chi connectivity index (χ3v) is 4.20. The van der Waals surface area contributed by atoms with Gasteiger partial charge in [-0.3, -0.25) is 0 Å². The SMILES string of the molecule is c1ccc(C2CCC(NCc3cccnn3)CC2)cc1. The summed E-state index contributed by atoms with van der Waals surface area (Å²) in [4.78, 5) is 0. The van der Waals surface area contributed by atoms with Crippen LogP contribution in [0.5, 0.6) is 0 Å². The van der Waals surface area contributed by atoms with Gasteiger partial charge in [0.25, 0.3) is 0 Å². The van der Waals surface area contributed by atoms with E-state index in [2.05, 4.69) is 45.8 Å². The van der Waals surface area contributed by atoms with Crippen LogP contribution < -0.4 is 5.32 Å². The van der Waals surface area contributed by atoms with Gasteiger partial charge < -0.3 is 5.32 Å². The molecular weight excluding hydrogens is 246 g/mol. The average Bonchev–Trinajstić information content (AvgIpc) is 2.55. The molecule has 1 aromatic heterocycles. The molecule has 3 rings (SSSR count). The topological polar surface area (TPSA) is 37.8 Å². The molecule has 3 heteroatoms. The lowest BCUT2D eigenvalue weighted by atomic mass is 9.82. The van der Waals surface area contributed by atoms with Crippen LogP contribution in [0.1, 0.15) is 42.9 Å². The van der Waals surface area contributed by atoms with Crippen LogP contribution in [0.15, 0.2) is 48.7 Å². The Hall–Kier alpha value is -1.74. The monoisotopic (exact) mass is 267 g/mol. The maximum atomic E-state index is 4.11. The zero-order valence-corrected chi connectivity index (χ0v) is 11.7. The van der Waals surface area contributed by atoms with Gasteiger partial charge in [-0.25, -0.2) is 0 Å². The van der Waals surface area contributed by atoms with Gasteiger partial charge in [0, 0.05) is 18.8 Å². The normalized spacial score (nSPS) is 22.6. The number of nitrogens with zero attached hydrogens (tertiary/aromatic N) is 2. The average molecular weight is 267 g/mol. The van der Waals surface area contributed by atoms with Crippen molar-refractivity contribution in [3.63, 3.8) is 0 Å². The molecule has 1 aliphatic carbocycles. The Balaban J connectivity index is 1.47. The molecular formula is C17H21N3. The standard InChI is InChI=1S/C17H21N3/c1-2-5-14(6-3-1)15-8-10-16(11-9-15)18-13-17-7-4-12-19-20-17/h1-7,12,15-16,18H,8-11,13H2. The van der Waals surface area contributed by atoms with Gasteiger partial charge in [0.1, 0.15) is 0 Å². The van der Waals surface area contributed by atoms with E-state index in [9.17, 15) is 0 Å². The second-order valence-corrected chi connectivity index (χ2v) is 5.56. The molecule has 0 amide bonds. The summed E-state index contributed by atoms with van der Waals surface area (Å²) in [6.45, 7) is 0.828. The number of aromatic nitrogens is 2. The van der Waals surface area contributed by atoms with Gasteiger partial charge in [0.05, 0.1) is 5.69 Å². The summed E-state index contributed by atoms with van der Waals surface area (Å²) >= 11 is 0. The van der Waals surface area contributed by atoms with Gasteiger partial charge in [0.15, 0.2) is 0 Å². The minimum atomic E-state index is 0.622. The molecule has 0 aliphatic heterocycles. The van der Waals surface area contributed by atoms with E-state index >= 15 is 0 Å². The van der Waals surface area contributed by atoms with E-state index in [0.717, 1.165) is 18.2 Å². The van der Waals surface area contributed by atoms with Crippen LogP contribution in [0.3, 0.4) is 0 Å². The first-order chi connectivity index (χ1) is 9.92. The van der Waals surface area contributed by atoms with Crippen molar-refractivity contribution in [2.24, 2.45) is 0 Å². The number of benzene rings is 1. The van der Waals surface area contributed by atoms with Gasteiger partial charge in [-0.1, -0.05) is 30.3 Å². The summed E-state index contributed by atoms with van der Waals surface area (Å²) in [7, 11) is 0. The molecule has 2 aromatic rings. The van der Waals surface area contributed by atoms with Crippen LogP contribution in [0.4, 0.5) is 0 Å². The highest BCUT2D eigenvalue weighted by Gasteiger charge is 2.21. The van der Waals surface area contributed by atoms with Crippen LogP contribution in [-0.2, 0) is 6.54 Å². The second-order valence-electron chi connectivity index (χ2n) is 5.56. The van der Waals surface area contributed by atoms with Crippen LogP contribution in [-0.4, -0.2) is 16.2 Å². The molecule has 1 aliphatic rings. The van der Waals surface area contributed by atoms with Gasteiger partial charge in [0.2, 0.25) is 0 Å². The molecule has 104 valence electrons. The number of rotatable bonds is 4. The highest BCUT2D eigenvalue weighted by molar-refractivity contribution is 5.20. The highest BCUT2D eigenvalue weighted by atomic mass is 15.1. The molecule has 0 bridgehead atoms. The lowest BCUT2D eigenvalue weighted by Crippen LogP contribution is -2.32. The fourth-order valence-corrected chi connectivity index (χ4v) is 3.03. The van der Waals surface area contributed by atoms with Crippen molar-refractivity contribution in [3.8, 4) is 0 Å². The van der Waals surface area contributed by atoms with Gasteiger partial charge in [-0.15, -0.1) is 0 Å². The first-order valence-corrected chi connectivity index (χ1v) is 7.47. The molecule has 1 aromatic carbocycles. The van der Waals surface area contributed by atoms with E-state index < -0.39 is 0 Å². The third kappa shape index (κ3) is 3.42. The first-order valence-electron chi connectivity index (χ1n) is 7.47. The molecule has 0 radical (unpaired) electrons. The van der Waals surface area contributed by atoms with E-state index in [1.807, 2.05) is 12.1 Å². The quantitative estimate of drug-likeness (QED) is 0.923. The molecule has 0 spiro atoms. The zero-order chi connectivity index (χ0) is 13.6. The summed E-state index contributed by atoms with van der Waals surface area (Å²) in [5, 5.41) is 11.6. The van der Waals surface area contributed by atoms with E-state index in [-0.39, 0.29) is 0 Å². The predicted molar refractivity (Wildman–Crippen MR) is 80.3 cm³/mol. The summed E-state index contributed by atoms with van der Waals surface area (Å²) in [6, 6.07) is 15.5. The molecule has 0 unspecified atom stereocenters. The Morgan fingerprint density at radius 2 is 1.75 bits per heavy atom. The van der Waals surface area contributed by atoms with Crippen LogP contribution in [0, 0.1) is 0 Å². The number of hydrogen-bond acceptors (Lipinski definition) is 3. The lowest BCUT2D eigenvalue weighted by molar-refractivity contribution is 0.340. The van der Waals surface area contributed by atoms with Crippen molar-refractivity contribution >= 4 is 0 Å². The summed E-state index contributed by atoms with van der Waals surface area (Å²) in [6.07, 6.45) is 6.78. The van der Waals surface area contributed by atoms with Gasteiger partial charge >= 0.3 is 0 Å². The number of nitrogens with one attached hydrogen (secondary N) is 1. The zero-order valence-electron chi connectivity index (χ0n) is 11.7. The van der Waals surface area contributed by atoms with E-state index in [0.29, 0.717) is 6.04 Å². The van der Waals surface area contributed by atoms with Crippen molar-refractivity contribution in [2.75, 3.05) is 0 Å². The largest absolute Gasteiger partial charge is 0.308 e. The molecule has 1 saturated carbocycles. The highest BCUT2D eigenvalue weighted by Crippen LogP contribution is 2.32. The maximum absolute atomic E-state index is 4.11. The smallest absolute Gasteiger partial charge is 0.0769 e. The van der Waals surface area contributed by atoms with Crippen LogP contribution >= 0.6 is 0 Å². The van der Waals surface area contributed by atoms with Crippen molar-refractivity contribution in [3.05, 3.63) is 59.9 Å². The summed E-state index contributed by atoms with van der Waals surface area (Å²) in [5.41, 5.74) is 2.53. The Kier molecular flexibility index (Phi) is 4.38. The lowest BCUT2D eigenvalue weighted by Gasteiger charge is -2.29. The predicted octanol–water partition coefficient (Wildman–Crippen LogP) is 3.29. The molecule has 0 saturated heterocycles. The Morgan fingerprint density at radius 3 is 2.45 bits per heavy atom. The Morgan fingerprint density at radius 1 is 0.950 bits per heavy atom. The van der Waals surface area contributed by atoms with Crippen LogP contribution in [0.25, 0.3) is 0 Å². The summed E-state index contributed by atoms with van der Waals surface area (Å²) < 4.78 is 0. The molecule has 3 nitrogen and oxygen atoms in total. The third-order valence-electron chi connectivity index (χ3n) is 4.20. The molecule has 20 heavy (non-hydrogen) atoms. The molecule has 1 heterocycles. The number of hydrogen-bond donors (Lipinski definition) is 1. The maximum Gasteiger partial charge on any atom is 0.0769 e. The minimum Gasteiger partial charge on any atom is -0.308 e. The molecule has 1 fully saturated rings. The van der Waals surface area contributed by atoms with E-state index in [4.69, 9.17) is 0 Å². The fraction of sp³-hybridized carbons (Fsp3) is 0.412. The van der Waals surface area contributed by atoms with Gasteiger partial charge in [-0.05, 0) is 49.3 Å².